The molecule has 0 aliphatic carbocycles. The Morgan fingerprint density at radius 1 is 0.500 bits per heavy atom. The second kappa shape index (κ2) is 25.2. The van der Waals surface area contributed by atoms with Gasteiger partial charge in [0.2, 0.25) is 0 Å². The van der Waals surface area contributed by atoms with Crippen LogP contribution in [0.3, 0.4) is 0 Å². The van der Waals surface area contributed by atoms with Crippen LogP contribution >= 0.6 is 15.6 Å². The fraction of sp³-hybridized carbons (Fsp3) is 0. The molecule has 0 saturated carbocycles. The van der Waals surface area contributed by atoms with E-state index in [1.807, 2.05) is 0 Å². The van der Waals surface area contributed by atoms with Crippen LogP contribution in [0.1, 0.15) is 0 Å². The Hall–Kier alpha value is 5.18. The Balaban J connectivity index is -0.00000000970. The van der Waals surface area contributed by atoms with E-state index in [2.05, 4.69) is 0 Å². The SMILES string of the molecule is O.O.O=P(O)(O)O.O=P(O)(O)O.[CaH2].[CaH2].[CaH2].[CaH2]. The van der Waals surface area contributed by atoms with Crippen LogP contribution in [0.2, 0.25) is 0 Å². The van der Waals surface area contributed by atoms with E-state index in [-0.39, 0.29) is 162 Å². The summed E-state index contributed by atoms with van der Waals surface area (Å²) < 4.78 is 17.8. The molecule has 16 heavy (non-hydrogen) atoms. The molecular formula is H18Ca4O10P2. The summed E-state index contributed by atoms with van der Waals surface area (Å²) in [6, 6.07) is 0. The molecule has 0 spiro atoms. The second-order valence-corrected chi connectivity index (χ2v) is 3.08. The predicted octanol–water partition coefficient (Wildman–Crippen LogP) is -7.17. The zero-order chi connectivity index (χ0) is 9.00. The molecule has 0 amide bonds. The van der Waals surface area contributed by atoms with E-state index in [1.165, 1.54) is 0 Å². The van der Waals surface area contributed by atoms with Crippen molar-refractivity contribution in [3.05, 3.63) is 0 Å². The molecule has 0 unspecified atom stereocenters. The van der Waals surface area contributed by atoms with Gasteiger partial charge in [-0.1, -0.05) is 0 Å². The van der Waals surface area contributed by atoms with Gasteiger partial charge in [-0.3, -0.25) is 0 Å². The van der Waals surface area contributed by atoms with Gasteiger partial charge in [-0.2, -0.15) is 0 Å². The first kappa shape index (κ1) is 49.7. The monoisotopic (exact) mass is 400 g/mol. The molecule has 0 aliphatic rings. The number of hydrogen-bond donors (Lipinski definition) is 6. The zero-order valence-electron chi connectivity index (χ0n) is 5.39. The van der Waals surface area contributed by atoms with Gasteiger partial charge in [-0.25, -0.2) is 9.13 Å². The van der Waals surface area contributed by atoms with Crippen molar-refractivity contribution in [1.29, 1.82) is 0 Å². The fourth-order valence-corrected chi connectivity index (χ4v) is 0. The van der Waals surface area contributed by atoms with Crippen molar-refractivity contribution in [2.45, 2.75) is 0 Å². The predicted molar refractivity (Wildman–Crippen MR) is 69.9 cm³/mol. The summed E-state index contributed by atoms with van der Waals surface area (Å²) in [5.74, 6) is 0. The van der Waals surface area contributed by atoms with Gasteiger partial charge < -0.3 is 40.3 Å². The topological polar surface area (TPSA) is 219 Å². The van der Waals surface area contributed by atoms with Gasteiger partial charge in [0.25, 0.3) is 0 Å². The Bertz CT molecular complexity index is 133. The molecule has 16 heteroatoms. The first-order valence-corrected chi connectivity index (χ1v) is 4.70. The van der Waals surface area contributed by atoms with Crippen molar-refractivity contribution in [3.8, 4) is 0 Å². The summed E-state index contributed by atoms with van der Waals surface area (Å²) in [4.78, 5) is 43.1. The van der Waals surface area contributed by atoms with Crippen LogP contribution in [-0.4, -0.2) is 191 Å². The first-order valence-electron chi connectivity index (χ1n) is 1.57. The molecule has 0 aromatic carbocycles. The quantitative estimate of drug-likeness (QED) is 0.169. The van der Waals surface area contributed by atoms with E-state index in [9.17, 15) is 0 Å². The third-order valence-corrected chi connectivity index (χ3v) is 0. The van der Waals surface area contributed by atoms with Gasteiger partial charge >= 0.3 is 167 Å². The fourth-order valence-electron chi connectivity index (χ4n) is 0. The number of phosphoric acid groups is 2. The maximum absolute atomic E-state index is 8.88. The molecule has 0 heterocycles. The van der Waals surface area contributed by atoms with Crippen molar-refractivity contribution >= 4 is 167 Å². The number of rotatable bonds is 0. The summed E-state index contributed by atoms with van der Waals surface area (Å²) in [5, 5.41) is 0. The van der Waals surface area contributed by atoms with E-state index in [0.29, 0.717) is 0 Å². The van der Waals surface area contributed by atoms with Crippen LogP contribution in [0.15, 0.2) is 0 Å². The summed E-state index contributed by atoms with van der Waals surface area (Å²) in [6.45, 7) is 0. The average molecular weight is 400 g/mol. The molecule has 0 aliphatic heterocycles. The van der Waals surface area contributed by atoms with Gasteiger partial charge in [0.1, 0.15) is 0 Å². The minimum absolute atomic E-state index is 0. The van der Waals surface area contributed by atoms with E-state index < -0.39 is 15.6 Å². The molecule has 0 rings (SSSR count). The molecule has 0 saturated heterocycles. The van der Waals surface area contributed by atoms with E-state index >= 15 is 0 Å². The molecule has 0 atom stereocenters. The normalized spacial score (nSPS) is 7.38. The van der Waals surface area contributed by atoms with Crippen LogP contribution < -0.4 is 0 Å². The minimum atomic E-state index is -4.64. The van der Waals surface area contributed by atoms with Crippen LogP contribution in [0, 0.1) is 0 Å². The molecule has 0 fully saturated rings. The van der Waals surface area contributed by atoms with E-state index in [1.54, 1.807) is 0 Å². The summed E-state index contributed by atoms with van der Waals surface area (Å²) in [7, 11) is -9.28. The van der Waals surface area contributed by atoms with Gasteiger partial charge in [-0.05, 0) is 0 Å². The third kappa shape index (κ3) is 236. The Morgan fingerprint density at radius 2 is 0.500 bits per heavy atom. The summed E-state index contributed by atoms with van der Waals surface area (Å²) in [5.41, 5.74) is 0. The Morgan fingerprint density at radius 3 is 0.500 bits per heavy atom. The second-order valence-electron chi connectivity index (χ2n) is 1.03. The van der Waals surface area contributed by atoms with Gasteiger partial charge in [-0.15, -0.1) is 0 Å². The Kier molecular flexibility index (Phi) is 78.1. The zero-order valence-corrected chi connectivity index (χ0v) is 7.18. The molecule has 96 valence electrons. The first-order chi connectivity index (χ1) is 4.00. The third-order valence-electron chi connectivity index (χ3n) is 0. The van der Waals surface area contributed by atoms with Gasteiger partial charge in [0.05, 0.1) is 0 Å². The summed E-state index contributed by atoms with van der Waals surface area (Å²) >= 11 is 0. The molecular weight excluding hydrogens is 382 g/mol. The van der Waals surface area contributed by atoms with Crippen LogP contribution in [-0.2, 0) is 9.13 Å². The van der Waals surface area contributed by atoms with Gasteiger partial charge in [0, 0.05) is 0 Å². The molecule has 0 bridgehead atoms. The maximum atomic E-state index is 8.88. The molecule has 0 radical (unpaired) electrons. The van der Waals surface area contributed by atoms with Crippen LogP contribution in [0.4, 0.5) is 0 Å². The standard InChI is InChI=1S/4Ca.2H3O4P.2H2O.8H/c;;;;2*1-5(2,3)4;;;;;;;;;;/h;;;;2*(H3,1,2,3,4);2*1H2;;;;;;;;. The van der Waals surface area contributed by atoms with E-state index in [4.69, 9.17) is 38.5 Å². The molecule has 0 aromatic rings. The number of hydrogen-bond acceptors (Lipinski definition) is 2. The molecule has 0 aromatic heterocycles. The van der Waals surface area contributed by atoms with Crippen molar-refractivity contribution in [2.75, 3.05) is 0 Å². The van der Waals surface area contributed by atoms with Crippen LogP contribution in [0.5, 0.6) is 0 Å². The van der Waals surface area contributed by atoms with E-state index in [0.717, 1.165) is 0 Å². The molecule has 10 N–H and O–H groups in total. The van der Waals surface area contributed by atoms with Gasteiger partial charge in [0.15, 0.2) is 0 Å². The Labute approximate surface area is 211 Å². The molecule has 10 nitrogen and oxygen atoms in total. The van der Waals surface area contributed by atoms with Crippen molar-refractivity contribution in [2.24, 2.45) is 0 Å². The average Bonchev–Trinajstić information content (AvgIpc) is 1.12. The van der Waals surface area contributed by atoms with Crippen molar-refractivity contribution < 1.29 is 49.4 Å². The van der Waals surface area contributed by atoms with Crippen molar-refractivity contribution in [1.82, 2.24) is 0 Å². The summed E-state index contributed by atoms with van der Waals surface area (Å²) in [6.07, 6.45) is 0. The van der Waals surface area contributed by atoms with Crippen LogP contribution in [0.25, 0.3) is 0 Å². The van der Waals surface area contributed by atoms with Crippen molar-refractivity contribution in [3.63, 3.8) is 0 Å².